The topological polar surface area (TPSA) is 126 Å². The van der Waals surface area contributed by atoms with Gasteiger partial charge in [0.05, 0.1) is 17.8 Å². The second-order valence-corrected chi connectivity index (χ2v) is 7.71. The monoisotopic (exact) mass is 447 g/mol. The van der Waals surface area contributed by atoms with E-state index in [1.165, 1.54) is 12.8 Å². The molecule has 9 nitrogen and oxygen atoms in total. The van der Waals surface area contributed by atoms with Crippen molar-refractivity contribution in [2.24, 2.45) is 7.05 Å². The molecule has 1 aliphatic carbocycles. The smallest absolute Gasteiger partial charge is 0.504 e. The van der Waals surface area contributed by atoms with Crippen molar-refractivity contribution in [2.45, 2.75) is 31.8 Å². The molecule has 31 heavy (non-hydrogen) atoms. The molecule has 0 unspecified atom stereocenters. The van der Waals surface area contributed by atoms with Crippen molar-refractivity contribution in [3.63, 3.8) is 0 Å². The van der Waals surface area contributed by atoms with E-state index in [0.717, 1.165) is 23.1 Å². The maximum absolute atomic E-state index is 12.4. The van der Waals surface area contributed by atoms with Gasteiger partial charge in [-0.1, -0.05) is 0 Å². The molecule has 0 bridgehead atoms. The fourth-order valence-corrected chi connectivity index (χ4v) is 3.97. The highest BCUT2D eigenvalue weighted by Gasteiger charge is 2.26. The van der Waals surface area contributed by atoms with E-state index >= 15 is 0 Å². The van der Waals surface area contributed by atoms with Crippen molar-refractivity contribution in [1.82, 2.24) is 14.9 Å². The summed E-state index contributed by atoms with van der Waals surface area (Å²) in [7, 11) is 2.01. The third-order valence-corrected chi connectivity index (χ3v) is 5.71. The fraction of sp³-hybridized carbons (Fsp3) is 0.333. The van der Waals surface area contributed by atoms with Crippen LogP contribution in [0, 0.1) is 0 Å². The number of carbonyl (C=O) groups is 1. The summed E-state index contributed by atoms with van der Waals surface area (Å²) in [6, 6.07) is 6.54. The quantitative estimate of drug-likeness (QED) is 0.453. The third kappa shape index (κ3) is 3.70. The number of aromatic hydroxyl groups is 1. The number of benzene rings is 1. The molecule has 0 spiro atoms. The van der Waals surface area contributed by atoms with E-state index in [1.54, 1.807) is 0 Å². The van der Waals surface area contributed by atoms with Crippen LogP contribution in [-0.2, 0) is 20.0 Å². The number of aromatic nitrogens is 2. The van der Waals surface area contributed by atoms with Gasteiger partial charge in [0.1, 0.15) is 5.75 Å². The first kappa shape index (κ1) is 21.1. The molecule has 0 amide bonds. The number of rotatable bonds is 4. The van der Waals surface area contributed by atoms with Crippen LogP contribution in [-0.4, -0.2) is 38.6 Å². The van der Waals surface area contributed by atoms with Gasteiger partial charge in [-0.05, 0) is 25.0 Å². The molecule has 0 atom stereocenters. The first-order chi connectivity index (χ1) is 14.4. The van der Waals surface area contributed by atoms with E-state index < -0.39 is 23.2 Å². The summed E-state index contributed by atoms with van der Waals surface area (Å²) in [4.78, 5) is 25.9. The SMILES string of the molecule is Cl.Cn1c(CNC2CC2)cc2cc3c(cc21)OCCc1c-3[nH]c(=O)c(OC(=O)O)c1O. The summed E-state index contributed by atoms with van der Waals surface area (Å²) < 4.78 is 12.5. The van der Waals surface area contributed by atoms with Crippen LogP contribution in [0.2, 0.25) is 0 Å². The Balaban J connectivity index is 0.00000231. The Bertz CT molecular complexity index is 1240. The van der Waals surface area contributed by atoms with E-state index in [2.05, 4.69) is 25.7 Å². The van der Waals surface area contributed by atoms with Crippen molar-refractivity contribution in [1.29, 1.82) is 0 Å². The Kier molecular flexibility index (Phi) is 5.32. The van der Waals surface area contributed by atoms with E-state index in [9.17, 15) is 14.7 Å². The first-order valence-electron chi connectivity index (χ1n) is 9.80. The highest BCUT2D eigenvalue weighted by atomic mass is 35.5. The minimum Gasteiger partial charge on any atom is -0.504 e. The standard InChI is InChI=1S/C21H21N3O6.ClH/c1-24-12(9-22-11-2-3-11)6-10-7-14-16(8-15(10)24)29-5-4-13-17(14)23-20(26)19(18(13)25)30-21(27)28;/h6-8,11,22H,2-5,9H2,1H3,(H,27,28)(H2,23,25,26);1H. The summed E-state index contributed by atoms with van der Waals surface area (Å²) in [5, 5.41) is 23.9. The van der Waals surface area contributed by atoms with Crippen LogP contribution in [0.4, 0.5) is 4.79 Å². The number of nitrogens with one attached hydrogen (secondary N) is 2. The van der Waals surface area contributed by atoms with Crippen molar-refractivity contribution in [3.05, 3.63) is 39.8 Å². The Morgan fingerprint density at radius 3 is 2.84 bits per heavy atom. The zero-order chi connectivity index (χ0) is 21.0. The number of carboxylic acid groups (broad SMARTS) is 1. The Labute approximate surface area is 183 Å². The highest BCUT2D eigenvalue weighted by Crippen LogP contribution is 2.41. The minimum absolute atomic E-state index is 0. The van der Waals surface area contributed by atoms with Gasteiger partial charge >= 0.3 is 6.16 Å². The molecule has 3 aromatic rings. The average molecular weight is 448 g/mol. The van der Waals surface area contributed by atoms with Gasteiger partial charge in [0.25, 0.3) is 5.56 Å². The lowest BCUT2D eigenvalue weighted by atomic mass is 10.0. The molecule has 1 aromatic carbocycles. The molecule has 164 valence electrons. The summed E-state index contributed by atoms with van der Waals surface area (Å²) in [6.45, 7) is 1.03. The molecule has 2 aromatic heterocycles. The van der Waals surface area contributed by atoms with E-state index in [0.29, 0.717) is 28.6 Å². The van der Waals surface area contributed by atoms with Crippen molar-refractivity contribution in [3.8, 4) is 28.5 Å². The molecule has 1 fully saturated rings. The van der Waals surface area contributed by atoms with Crippen molar-refractivity contribution < 1.29 is 24.5 Å². The number of ether oxygens (including phenoxy) is 2. The number of halogens is 1. The van der Waals surface area contributed by atoms with Crippen LogP contribution in [0.3, 0.4) is 0 Å². The van der Waals surface area contributed by atoms with Gasteiger partial charge in [-0.15, -0.1) is 12.4 Å². The summed E-state index contributed by atoms with van der Waals surface area (Å²) in [5.41, 5.74) is 2.75. The number of pyridine rings is 1. The van der Waals surface area contributed by atoms with Gasteiger partial charge in [-0.2, -0.15) is 0 Å². The summed E-state index contributed by atoms with van der Waals surface area (Å²) in [6.07, 6.45) is 1.05. The maximum Gasteiger partial charge on any atom is 0.511 e. The second-order valence-electron chi connectivity index (χ2n) is 7.71. The molecule has 0 radical (unpaired) electrons. The van der Waals surface area contributed by atoms with Gasteiger partial charge in [0.15, 0.2) is 5.75 Å². The maximum atomic E-state index is 12.4. The number of nitrogens with zero attached hydrogens (tertiary/aromatic N) is 1. The molecular weight excluding hydrogens is 426 g/mol. The molecule has 3 heterocycles. The van der Waals surface area contributed by atoms with Crippen LogP contribution in [0.5, 0.6) is 17.2 Å². The van der Waals surface area contributed by atoms with Crippen molar-refractivity contribution >= 4 is 29.5 Å². The highest BCUT2D eigenvalue weighted by molar-refractivity contribution is 5.90. The lowest BCUT2D eigenvalue weighted by Gasteiger charge is -2.12. The number of hydrogen-bond donors (Lipinski definition) is 4. The molecule has 5 rings (SSSR count). The fourth-order valence-electron chi connectivity index (χ4n) is 3.97. The van der Waals surface area contributed by atoms with Gasteiger partial charge in [0, 0.05) is 54.3 Å². The minimum atomic E-state index is -1.67. The van der Waals surface area contributed by atoms with Crippen molar-refractivity contribution in [2.75, 3.05) is 6.61 Å². The van der Waals surface area contributed by atoms with Gasteiger partial charge in [0.2, 0.25) is 5.75 Å². The molecule has 0 saturated heterocycles. The van der Waals surface area contributed by atoms with E-state index in [1.807, 2.05) is 19.2 Å². The molecule has 2 aliphatic rings. The zero-order valence-electron chi connectivity index (χ0n) is 16.7. The third-order valence-electron chi connectivity index (χ3n) is 5.71. The van der Waals surface area contributed by atoms with Crippen LogP contribution in [0.1, 0.15) is 24.1 Å². The predicted molar refractivity (Wildman–Crippen MR) is 116 cm³/mol. The number of H-pyrrole nitrogens is 1. The lowest BCUT2D eigenvalue weighted by molar-refractivity contribution is 0.142. The number of hydrogen-bond acceptors (Lipinski definition) is 6. The van der Waals surface area contributed by atoms with Crippen LogP contribution >= 0.6 is 12.4 Å². The van der Waals surface area contributed by atoms with E-state index in [4.69, 9.17) is 9.84 Å². The van der Waals surface area contributed by atoms with Crippen LogP contribution < -0.4 is 20.3 Å². The Morgan fingerprint density at radius 1 is 1.35 bits per heavy atom. The molecule has 10 heteroatoms. The van der Waals surface area contributed by atoms with Gasteiger partial charge < -0.3 is 34.6 Å². The van der Waals surface area contributed by atoms with E-state index in [-0.39, 0.29) is 25.4 Å². The van der Waals surface area contributed by atoms with Crippen LogP contribution in [0.15, 0.2) is 23.0 Å². The number of aromatic amines is 1. The lowest BCUT2D eigenvalue weighted by Crippen LogP contribution is -2.17. The second kappa shape index (κ2) is 7.82. The molecule has 1 saturated carbocycles. The Morgan fingerprint density at radius 2 is 2.13 bits per heavy atom. The predicted octanol–water partition coefficient (Wildman–Crippen LogP) is 2.90. The largest absolute Gasteiger partial charge is 0.511 e. The summed E-state index contributed by atoms with van der Waals surface area (Å²) >= 11 is 0. The van der Waals surface area contributed by atoms with Crippen LogP contribution in [0.25, 0.3) is 22.2 Å². The molecule has 4 N–H and O–H groups in total. The van der Waals surface area contributed by atoms with Gasteiger partial charge in [-0.3, -0.25) is 4.79 Å². The number of aryl methyl sites for hydroxylation is 1. The summed E-state index contributed by atoms with van der Waals surface area (Å²) in [5.74, 6) is -0.514. The zero-order valence-corrected chi connectivity index (χ0v) is 17.5. The first-order valence-corrected chi connectivity index (χ1v) is 9.80. The normalized spacial score (nSPS) is 14.7. The molecule has 1 aliphatic heterocycles. The molecular formula is C21H22ClN3O6. The number of fused-ring (bicyclic) bond motifs is 4. The van der Waals surface area contributed by atoms with Gasteiger partial charge in [-0.25, -0.2) is 4.79 Å². The Hall–Kier alpha value is -3.17. The average Bonchev–Trinajstić information content (AvgIpc) is 3.50.